The van der Waals surface area contributed by atoms with E-state index in [2.05, 4.69) is 0 Å². The molecule has 0 bridgehead atoms. The van der Waals surface area contributed by atoms with Gasteiger partial charge in [0.15, 0.2) is 0 Å². The molecule has 0 heterocycles. The van der Waals surface area contributed by atoms with Gasteiger partial charge in [0.05, 0.1) is 15.9 Å². The van der Waals surface area contributed by atoms with Crippen LogP contribution in [-0.4, -0.2) is 39.1 Å². The standard InChI is InChI=1S/C18H27N3O5S/c1-3-26-17-12-16(18(17)9-5-4-6-10-18)20(2)14-8-7-13(27(19,24)25)11-15(14)21(22)23/h7-8,11,16-17H,3-6,9-10,12H2,1-2H3,(H2,19,24,25). The number of hydrogen-bond donors (Lipinski definition) is 1. The first-order valence-electron chi connectivity index (χ1n) is 9.36. The Morgan fingerprint density at radius 2 is 2.00 bits per heavy atom. The monoisotopic (exact) mass is 397 g/mol. The van der Waals surface area contributed by atoms with E-state index < -0.39 is 14.9 Å². The zero-order chi connectivity index (χ0) is 19.8. The maximum atomic E-state index is 11.6. The molecule has 1 aromatic rings. The molecule has 150 valence electrons. The molecule has 1 spiro atoms. The second kappa shape index (κ2) is 7.37. The summed E-state index contributed by atoms with van der Waals surface area (Å²) in [5.74, 6) is 0. The van der Waals surface area contributed by atoms with Crippen molar-refractivity contribution in [3.05, 3.63) is 28.3 Å². The van der Waals surface area contributed by atoms with Crippen molar-refractivity contribution in [2.45, 2.75) is 62.5 Å². The fourth-order valence-electron chi connectivity index (χ4n) is 4.86. The maximum Gasteiger partial charge on any atom is 0.293 e. The Balaban J connectivity index is 1.95. The molecule has 2 saturated carbocycles. The Bertz CT molecular complexity index is 820. The molecule has 2 N–H and O–H groups in total. The van der Waals surface area contributed by atoms with Gasteiger partial charge in [-0.25, -0.2) is 13.6 Å². The minimum Gasteiger partial charge on any atom is -0.378 e. The lowest BCUT2D eigenvalue weighted by atomic mass is 9.54. The van der Waals surface area contributed by atoms with Crippen molar-refractivity contribution < 1.29 is 18.1 Å². The van der Waals surface area contributed by atoms with Crippen LogP contribution in [0.15, 0.2) is 23.1 Å². The highest BCUT2D eigenvalue weighted by Crippen LogP contribution is 2.56. The summed E-state index contributed by atoms with van der Waals surface area (Å²) in [4.78, 5) is 12.7. The van der Waals surface area contributed by atoms with Crippen molar-refractivity contribution in [3.63, 3.8) is 0 Å². The molecule has 8 nitrogen and oxygen atoms in total. The second-order valence-electron chi connectivity index (χ2n) is 7.55. The first kappa shape index (κ1) is 20.0. The zero-order valence-corrected chi connectivity index (χ0v) is 16.6. The summed E-state index contributed by atoms with van der Waals surface area (Å²) in [6.45, 7) is 2.65. The van der Waals surface area contributed by atoms with Gasteiger partial charge in [-0.1, -0.05) is 19.3 Å². The summed E-state index contributed by atoms with van der Waals surface area (Å²) in [5, 5.41) is 16.7. The lowest BCUT2D eigenvalue weighted by Gasteiger charge is -2.60. The van der Waals surface area contributed by atoms with E-state index in [0.717, 1.165) is 38.2 Å². The average molecular weight is 397 g/mol. The highest BCUT2D eigenvalue weighted by atomic mass is 32.2. The van der Waals surface area contributed by atoms with Crippen LogP contribution in [0.25, 0.3) is 0 Å². The Morgan fingerprint density at radius 3 is 2.56 bits per heavy atom. The summed E-state index contributed by atoms with van der Waals surface area (Å²) >= 11 is 0. The Hall–Kier alpha value is -1.71. The fourth-order valence-corrected chi connectivity index (χ4v) is 5.40. The van der Waals surface area contributed by atoms with Crippen molar-refractivity contribution in [2.24, 2.45) is 10.6 Å². The number of nitrogens with zero attached hydrogens (tertiary/aromatic N) is 2. The van der Waals surface area contributed by atoms with Crippen LogP contribution in [0, 0.1) is 15.5 Å². The van der Waals surface area contributed by atoms with Crippen LogP contribution in [0.4, 0.5) is 11.4 Å². The lowest BCUT2D eigenvalue weighted by Crippen LogP contribution is -2.65. The first-order valence-corrected chi connectivity index (χ1v) is 10.9. The number of ether oxygens (including phenoxy) is 1. The van der Waals surface area contributed by atoms with Gasteiger partial charge in [-0.15, -0.1) is 0 Å². The van der Waals surface area contributed by atoms with Gasteiger partial charge in [-0.3, -0.25) is 10.1 Å². The van der Waals surface area contributed by atoms with Crippen molar-refractivity contribution in [2.75, 3.05) is 18.6 Å². The Kier molecular flexibility index (Phi) is 5.47. The van der Waals surface area contributed by atoms with Gasteiger partial charge in [0.1, 0.15) is 5.69 Å². The first-order chi connectivity index (χ1) is 12.7. The summed E-state index contributed by atoms with van der Waals surface area (Å²) in [6.07, 6.45) is 6.59. The SMILES string of the molecule is CCOC1CC(N(C)c2ccc(S(N)(=O)=O)cc2[N+](=O)[O-])C12CCCCC2. The van der Waals surface area contributed by atoms with E-state index in [4.69, 9.17) is 9.88 Å². The molecule has 0 radical (unpaired) electrons. The molecule has 2 aliphatic rings. The molecule has 0 aromatic heterocycles. The second-order valence-corrected chi connectivity index (χ2v) is 9.11. The predicted molar refractivity (Wildman–Crippen MR) is 102 cm³/mol. The van der Waals surface area contributed by atoms with Crippen LogP contribution in [0.2, 0.25) is 0 Å². The minimum atomic E-state index is -4.00. The molecule has 0 saturated heterocycles. The molecular formula is C18H27N3O5S. The molecule has 2 unspecified atom stereocenters. The maximum absolute atomic E-state index is 11.6. The van der Waals surface area contributed by atoms with Gasteiger partial charge in [0.2, 0.25) is 10.0 Å². The number of nitro benzene ring substituents is 1. The number of anilines is 1. The summed E-state index contributed by atoms with van der Waals surface area (Å²) in [5.41, 5.74) is 0.183. The van der Waals surface area contributed by atoms with Crippen molar-refractivity contribution in [1.29, 1.82) is 0 Å². The number of benzene rings is 1. The molecule has 2 fully saturated rings. The van der Waals surface area contributed by atoms with Gasteiger partial charge in [0.25, 0.3) is 5.69 Å². The molecule has 0 aliphatic heterocycles. The molecule has 27 heavy (non-hydrogen) atoms. The molecule has 2 aliphatic carbocycles. The topological polar surface area (TPSA) is 116 Å². The van der Waals surface area contributed by atoms with E-state index in [1.54, 1.807) is 0 Å². The van der Waals surface area contributed by atoms with Crippen LogP contribution < -0.4 is 10.0 Å². The summed E-state index contributed by atoms with van der Waals surface area (Å²) in [6, 6.07) is 4.00. The van der Waals surface area contributed by atoms with E-state index in [0.29, 0.717) is 12.3 Å². The van der Waals surface area contributed by atoms with Gasteiger partial charge in [-0.05, 0) is 38.3 Å². The number of nitrogens with two attached hydrogens (primary N) is 1. The highest BCUT2D eigenvalue weighted by molar-refractivity contribution is 7.89. The quantitative estimate of drug-likeness (QED) is 0.583. The summed E-state index contributed by atoms with van der Waals surface area (Å²) < 4.78 is 29.1. The third kappa shape index (κ3) is 3.55. The number of primary sulfonamides is 1. The molecular weight excluding hydrogens is 370 g/mol. The van der Waals surface area contributed by atoms with Crippen LogP contribution >= 0.6 is 0 Å². The van der Waals surface area contributed by atoms with E-state index in [1.165, 1.54) is 18.6 Å². The van der Waals surface area contributed by atoms with Crippen molar-refractivity contribution >= 4 is 21.4 Å². The molecule has 2 atom stereocenters. The molecule has 0 amide bonds. The van der Waals surface area contributed by atoms with E-state index in [-0.39, 0.29) is 28.1 Å². The number of sulfonamides is 1. The predicted octanol–water partition coefficient (Wildman–Crippen LogP) is 2.81. The largest absolute Gasteiger partial charge is 0.378 e. The smallest absolute Gasteiger partial charge is 0.293 e. The molecule has 1 aromatic carbocycles. The molecule has 3 rings (SSSR count). The third-order valence-electron chi connectivity index (χ3n) is 6.21. The van der Waals surface area contributed by atoms with Crippen LogP contribution in [0.5, 0.6) is 0 Å². The van der Waals surface area contributed by atoms with Crippen LogP contribution in [0.3, 0.4) is 0 Å². The summed E-state index contributed by atoms with van der Waals surface area (Å²) in [7, 11) is -2.15. The molecule has 9 heteroatoms. The normalized spacial score (nSPS) is 24.4. The van der Waals surface area contributed by atoms with Crippen molar-refractivity contribution in [1.82, 2.24) is 0 Å². The average Bonchev–Trinajstić information content (AvgIpc) is 2.63. The van der Waals surface area contributed by atoms with Gasteiger partial charge in [-0.2, -0.15) is 0 Å². The van der Waals surface area contributed by atoms with E-state index in [9.17, 15) is 18.5 Å². The number of hydrogen-bond acceptors (Lipinski definition) is 6. The Labute approximate surface area is 159 Å². The zero-order valence-electron chi connectivity index (χ0n) is 15.8. The van der Waals surface area contributed by atoms with Crippen LogP contribution in [-0.2, 0) is 14.8 Å². The van der Waals surface area contributed by atoms with E-state index in [1.807, 2.05) is 18.9 Å². The third-order valence-corrected chi connectivity index (χ3v) is 7.13. The van der Waals surface area contributed by atoms with E-state index >= 15 is 0 Å². The fraction of sp³-hybridized carbons (Fsp3) is 0.667. The highest BCUT2D eigenvalue weighted by Gasteiger charge is 2.57. The Morgan fingerprint density at radius 1 is 1.33 bits per heavy atom. The number of rotatable bonds is 6. The lowest BCUT2D eigenvalue weighted by molar-refractivity contribution is -0.384. The van der Waals surface area contributed by atoms with Gasteiger partial charge in [0, 0.05) is 31.2 Å². The van der Waals surface area contributed by atoms with Crippen molar-refractivity contribution in [3.8, 4) is 0 Å². The van der Waals surface area contributed by atoms with Gasteiger partial charge >= 0.3 is 0 Å². The number of nitro groups is 1. The van der Waals surface area contributed by atoms with Gasteiger partial charge < -0.3 is 9.64 Å². The minimum absolute atomic E-state index is 0.00942. The van der Waals surface area contributed by atoms with Crippen LogP contribution in [0.1, 0.15) is 45.4 Å².